The monoisotopic (exact) mass is 612 g/mol. The van der Waals surface area contributed by atoms with E-state index in [4.69, 9.17) is 4.43 Å². The number of nitrogens with zero attached hydrogens (tertiary/aromatic N) is 1. The number of aromatic amines is 1. The Morgan fingerprint density at radius 1 is 0.756 bits per heavy atom. The third kappa shape index (κ3) is 5.97. The number of piperidine rings is 1. The Kier molecular flexibility index (Phi) is 8.11. The van der Waals surface area contributed by atoms with Gasteiger partial charge in [-0.1, -0.05) is 118 Å². The Labute approximate surface area is 268 Å². The number of fused-ring (bicyclic) bond motifs is 1. The van der Waals surface area contributed by atoms with Crippen LogP contribution < -0.4 is 15.9 Å². The number of benzene rings is 4. The van der Waals surface area contributed by atoms with Crippen molar-refractivity contribution in [1.29, 1.82) is 0 Å². The van der Waals surface area contributed by atoms with Gasteiger partial charge in [0.25, 0.3) is 13.9 Å². The molecule has 5 aromatic rings. The van der Waals surface area contributed by atoms with Crippen LogP contribution in [-0.4, -0.2) is 37.4 Å². The van der Waals surface area contributed by atoms with Crippen molar-refractivity contribution in [3.05, 3.63) is 131 Å². The van der Waals surface area contributed by atoms with Gasteiger partial charge in [0.1, 0.15) is 0 Å². The standard InChI is InChI=1S/C40H44N2O2Si/c1-40(2,3)45(33-11-6-4-7-12-33,34-13-8-5-9-14-34)44-32-23-25-42(26-24-32)28-29-17-19-31(20-18-29)38-27-37-35(30-21-22-30)15-10-16-36(37)39(43)41-38/h4-20,27,30,32H,21-26,28H2,1-3H3,(H,41,43). The van der Waals surface area contributed by atoms with E-state index in [1.165, 1.54) is 34.3 Å². The van der Waals surface area contributed by atoms with Gasteiger partial charge in [-0.3, -0.25) is 9.69 Å². The molecule has 0 atom stereocenters. The average molecular weight is 613 g/mol. The molecule has 45 heavy (non-hydrogen) atoms. The second kappa shape index (κ2) is 12.2. The molecule has 1 saturated carbocycles. The van der Waals surface area contributed by atoms with E-state index in [-0.39, 0.29) is 16.7 Å². The summed E-state index contributed by atoms with van der Waals surface area (Å²) < 4.78 is 7.43. The summed E-state index contributed by atoms with van der Waals surface area (Å²) in [6.07, 6.45) is 4.74. The molecule has 2 fully saturated rings. The molecule has 1 N–H and O–H groups in total. The van der Waals surface area contributed by atoms with Crippen LogP contribution >= 0.6 is 0 Å². The van der Waals surface area contributed by atoms with Gasteiger partial charge in [0.2, 0.25) is 0 Å². The van der Waals surface area contributed by atoms with Crippen molar-refractivity contribution in [2.45, 2.75) is 70.1 Å². The predicted molar refractivity (Wildman–Crippen MR) is 189 cm³/mol. The highest BCUT2D eigenvalue weighted by molar-refractivity contribution is 6.99. The molecule has 1 aromatic heterocycles. The van der Waals surface area contributed by atoms with Gasteiger partial charge in [-0.2, -0.15) is 0 Å². The van der Waals surface area contributed by atoms with Crippen molar-refractivity contribution in [3.8, 4) is 11.3 Å². The van der Waals surface area contributed by atoms with Crippen molar-refractivity contribution >= 4 is 29.5 Å². The average Bonchev–Trinajstić information content (AvgIpc) is 3.91. The van der Waals surface area contributed by atoms with Crippen LogP contribution in [0.4, 0.5) is 0 Å². The second-order valence-corrected chi connectivity index (χ2v) is 18.3. The zero-order valence-electron chi connectivity index (χ0n) is 26.8. The zero-order valence-corrected chi connectivity index (χ0v) is 27.8. The largest absolute Gasteiger partial charge is 0.404 e. The molecule has 2 aliphatic rings. The van der Waals surface area contributed by atoms with E-state index in [1.807, 2.05) is 12.1 Å². The van der Waals surface area contributed by atoms with Crippen LogP contribution in [-0.2, 0) is 11.0 Å². The molecule has 230 valence electrons. The minimum absolute atomic E-state index is 0.00256. The second-order valence-electron chi connectivity index (χ2n) is 14.0. The van der Waals surface area contributed by atoms with E-state index in [9.17, 15) is 4.79 Å². The lowest BCUT2D eigenvalue weighted by Crippen LogP contribution is -2.68. The molecule has 0 unspecified atom stereocenters. The fourth-order valence-corrected chi connectivity index (χ4v) is 12.1. The summed E-state index contributed by atoms with van der Waals surface area (Å²) >= 11 is 0. The fraction of sp³-hybridized carbons (Fsp3) is 0.325. The first-order valence-electron chi connectivity index (χ1n) is 16.6. The van der Waals surface area contributed by atoms with Gasteiger partial charge in [-0.25, -0.2) is 0 Å². The first kappa shape index (κ1) is 29.9. The number of H-pyrrole nitrogens is 1. The molecule has 4 nitrogen and oxygen atoms in total. The summed E-state index contributed by atoms with van der Waals surface area (Å²) in [6.45, 7) is 10.0. The number of likely N-dealkylation sites (tertiary alicyclic amines) is 1. The molecule has 1 aliphatic carbocycles. The molecule has 7 rings (SSSR count). The Morgan fingerprint density at radius 3 is 1.96 bits per heavy atom. The molecule has 0 amide bonds. The Hall–Kier alpha value is -3.77. The van der Waals surface area contributed by atoms with Crippen LogP contribution in [0.2, 0.25) is 5.04 Å². The van der Waals surface area contributed by atoms with Crippen LogP contribution in [0.15, 0.2) is 114 Å². The number of hydrogen-bond acceptors (Lipinski definition) is 3. The van der Waals surface area contributed by atoms with Crippen molar-refractivity contribution in [2.75, 3.05) is 13.1 Å². The molecular weight excluding hydrogens is 569 g/mol. The summed E-state index contributed by atoms with van der Waals surface area (Å²) in [6, 6.07) is 39.0. The summed E-state index contributed by atoms with van der Waals surface area (Å²) in [5, 5.41) is 4.59. The minimum Gasteiger partial charge on any atom is -0.404 e. The quantitative estimate of drug-likeness (QED) is 0.184. The van der Waals surface area contributed by atoms with Gasteiger partial charge in [0.05, 0.1) is 0 Å². The SMILES string of the molecule is CC(C)(C)[Si](OC1CCN(Cc2ccc(-c3cc4c(C5CC5)cccc4c(=O)[nH]3)cc2)CC1)(c1ccccc1)c1ccccc1. The van der Waals surface area contributed by atoms with Gasteiger partial charge in [-0.05, 0) is 81.2 Å². The van der Waals surface area contributed by atoms with Crippen LogP contribution in [0, 0.1) is 0 Å². The molecule has 0 radical (unpaired) electrons. The minimum atomic E-state index is -2.54. The van der Waals surface area contributed by atoms with Gasteiger partial charge >= 0.3 is 0 Å². The van der Waals surface area contributed by atoms with Crippen LogP contribution in [0.25, 0.3) is 22.0 Å². The number of nitrogens with one attached hydrogen (secondary N) is 1. The molecule has 0 bridgehead atoms. The van der Waals surface area contributed by atoms with E-state index in [0.29, 0.717) is 5.92 Å². The number of hydrogen-bond donors (Lipinski definition) is 1. The predicted octanol–water partition coefficient (Wildman–Crippen LogP) is 7.61. The molecule has 1 saturated heterocycles. The zero-order chi connectivity index (χ0) is 31.0. The molecule has 2 heterocycles. The van der Waals surface area contributed by atoms with Crippen molar-refractivity contribution < 1.29 is 4.43 Å². The molecule has 5 heteroatoms. The van der Waals surface area contributed by atoms with Crippen LogP contribution in [0.1, 0.15) is 63.5 Å². The van der Waals surface area contributed by atoms with Gasteiger partial charge < -0.3 is 9.41 Å². The van der Waals surface area contributed by atoms with E-state index < -0.39 is 8.32 Å². The van der Waals surface area contributed by atoms with Crippen molar-refractivity contribution in [1.82, 2.24) is 9.88 Å². The number of pyridine rings is 1. The highest BCUT2D eigenvalue weighted by Crippen LogP contribution is 2.43. The summed E-state index contributed by atoms with van der Waals surface area (Å²) in [4.78, 5) is 18.6. The summed E-state index contributed by atoms with van der Waals surface area (Å²) in [5.74, 6) is 0.601. The van der Waals surface area contributed by atoms with E-state index in [1.54, 1.807) is 0 Å². The number of aromatic nitrogens is 1. The molecular formula is C40H44N2O2Si. The highest BCUT2D eigenvalue weighted by Gasteiger charge is 2.51. The van der Waals surface area contributed by atoms with Crippen LogP contribution in [0.3, 0.4) is 0 Å². The smallest absolute Gasteiger partial charge is 0.261 e. The fourth-order valence-electron chi connectivity index (χ4n) is 7.39. The van der Waals surface area contributed by atoms with E-state index in [0.717, 1.165) is 54.5 Å². The normalized spacial score (nSPS) is 16.7. The van der Waals surface area contributed by atoms with Crippen molar-refractivity contribution in [3.63, 3.8) is 0 Å². The van der Waals surface area contributed by atoms with Gasteiger partial charge in [-0.15, -0.1) is 0 Å². The van der Waals surface area contributed by atoms with Crippen LogP contribution in [0.5, 0.6) is 0 Å². The van der Waals surface area contributed by atoms with E-state index in [2.05, 4.69) is 128 Å². The maximum Gasteiger partial charge on any atom is 0.261 e. The topological polar surface area (TPSA) is 45.3 Å². The van der Waals surface area contributed by atoms with Gasteiger partial charge in [0, 0.05) is 36.8 Å². The molecule has 4 aromatic carbocycles. The Balaban J connectivity index is 1.05. The first-order valence-corrected chi connectivity index (χ1v) is 18.5. The maximum atomic E-state index is 13.0. The highest BCUT2D eigenvalue weighted by atomic mass is 28.4. The third-order valence-electron chi connectivity index (χ3n) is 9.90. The van der Waals surface area contributed by atoms with E-state index >= 15 is 0 Å². The lowest BCUT2D eigenvalue weighted by molar-refractivity contribution is 0.0895. The Morgan fingerprint density at radius 2 is 1.38 bits per heavy atom. The maximum absolute atomic E-state index is 13.0. The first-order chi connectivity index (χ1) is 21.8. The van der Waals surface area contributed by atoms with Gasteiger partial charge in [0.15, 0.2) is 0 Å². The summed E-state index contributed by atoms with van der Waals surface area (Å²) in [5.41, 5.74) is 4.57. The van der Waals surface area contributed by atoms with Crippen molar-refractivity contribution in [2.24, 2.45) is 0 Å². The third-order valence-corrected chi connectivity index (χ3v) is 15.0. The Bertz CT molecular complexity index is 1780. The summed E-state index contributed by atoms with van der Waals surface area (Å²) in [7, 11) is -2.54. The lowest BCUT2D eigenvalue weighted by atomic mass is 9.99. The molecule has 1 aliphatic heterocycles. The lowest BCUT2D eigenvalue weighted by Gasteiger charge is -2.46. The number of rotatable bonds is 8. The molecule has 0 spiro atoms.